The Morgan fingerprint density at radius 2 is 1.94 bits per heavy atom. The van der Waals surface area contributed by atoms with E-state index in [4.69, 9.17) is 4.74 Å². The number of aromatic amines is 1. The number of methoxy groups -OCH3 is 1. The molecule has 0 spiro atoms. The number of nitrogens with one attached hydrogen (secondary N) is 3. The van der Waals surface area contributed by atoms with Gasteiger partial charge in [0.2, 0.25) is 0 Å². The summed E-state index contributed by atoms with van der Waals surface area (Å²) in [5.74, 6) is 2.41. The van der Waals surface area contributed by atoms with E-state index in [9.17, 15) is 13.2 Å². The molecule has 2 aromatic heterocycles. The molecule has 8 nitrogen and oxygen atoms in total. The van der Waals surface area contributed by atoms with E-state index in [-0.39, 0.29) is 24.0 Å². The summed E-state index contributed by atoms with van der Waals surface area (Å²) in [7, 11) is 3.20. The molecular formula is C18H21F3IN7OS. The van der Waals surface area contributed by atoms with E-state index >= 15 is 0 Å². The zero-order valence-corrected chi connectivity index (χ0v) is 19.8. The standard InChI is InChI=1S/C18H20F3N7OS.HI/c1-22-17(23-8-7-15-25-13(10-30-15)18(19,20)21)24-9-14-26-16(28-27-14)11-3-5-12(29-2)6-4-11;/h3-6,10H,7-9H2,1-2H3,(H2,22,23,24)(H,26,27,28);1H. The molecule has 2 heterocycles. The first-order chi connectivity index (χ1) is 14.4. The molecule has 168 valence electrons. The van der Waals surface area contributed by atoms with Gasteiger partial charge in [-0.25, -0.2) is 9.97 Å². The maximum atomic E-state index is 12.6. The van der Waals surface area contributed by atoms with Gasteiger partial charge in [0.15, 0.2) is 17.5 Å². The number of nitrogens with zero attached hydrogens (tertiary/aromatic N) is 4. The summed E-state index contributed by atoms with van der Waals surface area (Å²) < 4.78 is 42.9. The maximum absolute atomic E-state index is 12.6. The molecule has 0 saturated heterocycles. The van der Waals surface area contributed by atoms with Gasteiger partial charge in [-0.05, 0) is 24.3 Å². The first-order valence-corrected chi connectivity index (χ1v) is 9.79. The highest BCUT2D eigenvalue weighted by molar-refractivity contribution is 14.0. The Bertz CT molecular complexity index is 989. The maximum Gasteiger partial charge on any atom is 0.434 e. The van der Waals surface area contributed by atoms with Gasteiger partial charge in [-0.3, -0.25) is 10.1 Å². The average Bonchev–Trinajstić information content (AvgIpc) is 3.40. The summed E-state index contributed by atoms with van der Waals surface area (Å²) in [6.45, 7) is 0.732. The highest BCUT2D eigenvalue weighted by Gasteiger charge is 2.33. The number of alkyl halides is 3. The largest absolute Gasteiger partial charge is 0.497 e. The normalized spacial score (nSPS) is 11.7. The van der Waals surface area contributed by atoms with Crippen LogP contribution in [0.3, 0.4) is 0 Å². The molecule has 0 bridgehead atoms. The topological polar surface area (TPSA) is 100 Å². The van der Waals surface area contributed by atoms with Crippen molar-refractivity contribution in [3.63, 3.8) is 0 Å². The molecule has 3 rings (SSSR count). The van der Waals surface area contributed by atoms with Crippen molar-refractivity contribution in [1.82, 2.24) is 30.8 Å². The van der Waals surface area contributed by atoms with Crippen molar-refractivity contribution < 1.29 is 17.9 Å². The lowest BCUT2D eigenvalue weighted by Crippen LogP contribution is -2.38. The fourth-order valence-electron chi connectivity index (χ4n) is 2.48. The van der Waals surface area contributed by atoms with E-state index < -0.39 is 11.9 Å². The monoisotopic (exact) mass is 567 g/mol. The Labute approximate surface area is 197 Å². The van der Waals surface area contributed by atoms with E-state index in [1.807, 2.05) is 24.3 Å². The third-order valence-corrected chi connectivity index (χ3v) is 4.91. The van der Waals surface area contributed by atoms with E-state index in [2.05, 4.69) is 35.8 Å². The molecule has 0 amide bonds. The summed E-state index contributed by atoms with van der Waals surface area (Å²) in [6.07, 6.45) is -4.06. The number of halogens is 4. The number of aromatic nitrogens is 4. The molecule has 0 aliphatic carbocycles. The number of hydrogen-bond acceptors (Lipinski definition) is 6. The first kappa shape index (κ1) is 24.8. The average molecular weight is 567 g/mol. The van der Waals surface area contributed by atoms with Crippen molar-refractivity contribution in [3.05, 3.63) is 46.2 Å². The number of guanidine groups is 1. The second-order valence-corrected chi connectivity index (χ2v) is 7.00. The van der Waals surface area contributed by atoms with Crippen LogP contribution in [0.15, 0.2) is 34.6 Å². The number of aliphatic imine (C=N–C) groups is 1. The fraction of sp³-hybridized carbons (Fsp3) is 0.333. The molecule has 31 heavy (non-hydrogen) atoms. The Morgan fingerprint density at radius 1 is 1.19 bits per heavy atom. The molecule has 13 heteroatoms. The van der Waals surface area contributed by atoms with Crippen LogP contribution < -0.4 is 15.4 Å². The fourth-order valence-corrected chi connectivity index (χ4v) is 3.28. The minimum atomic E-state index is -4.42. The SMILES string of the molecule is CN=C(NCCc1nc(C(F)(F)F)cs1)NCc1nc(-c2ccc(OC)cc2)n[nH]1.I. The predicted octanol–water partition coefficient (Wildman–Crippen LogP) is 3.48. The van der Waals surface area contributed by atoms with Gasteiger partial charge in [-0.1, -0.05) is 0 Å². The third-order valence-electron chi connectivity index (χ3n) is 4.00. The number of ether oxygens (including phenoxy) is 1. The Hall–Kier alpha value is -2.42. The number of hydrogen-bond donors (Lipinski definition) is 3. The first-order valence-electron chi connectivity index (χ1n) is 8.91. The smallest absolute Gasteiger partial charge is 0.434 e. The van der Waals surface area contributed by atoms with Gasteiger partial charge in [0.1, 0.15) is 11.6 Å². The number of rotatable bonds is 7. The minimum absolute atomic E-state index is 0. The van der Waals surface area contributed by atoms with Crippen LogP contribution in [-0.2, 0) is 19.1 Å². The van der Waals surface area contributed by atoms with Crippen LogP contribution in [0.1, 0.15) is 16.5 Å². The zero-order valence-electron chi connectivity index (χ0n) is 16.7. The van der Waals surface area contributed by atoms with Crippen LogP contribution in [-0.4, -0.2) is 46.8 Å². The molecule has 0 unspecified atom stereocenters. The zero-order chi connectivity index (χ0) is 21.6. The summed E-state index contributed by atoms with van der Waals surface area (Å²) in [5, 5.41) is 14.6. The molecule has 3 aromatic rings. The Balaban J connectivity index is 0.00000341. The molecule has 0 aliphatic heterocycles. The van der Waals surface area contributed by atoms with Crippen molar-refractivity contribution in [2.75, 3.05) is 20.7 Å². The van der Waals surface area contributed by atoms with Gasteiger partial charge < -0.3 is 15.4 Å². The summed E-state index contributed by atoms with van der Waals surface area (Å²) >= 11 is 0.986. The molecular weight excluding hydrogens is 546 g/mol. The third kappa shape index (κ3) is 7.05. The van der Waals surface area contributed by atoms with Crippen LogP contribution in [0.2, 0.25) is 0 Å². The Kier molecular flexibility index (Phi) is 9.03. The van der Waals surface area contributed by atoms with E-state index in [0.717, 1.165) is 28.0 Å². The van der Waals surface area contributed by atoms with Crippen LogP contribution in [0.4, 0.5) is 13.2 Å². The molecule has 0 saturated carbocycles. The second-order valence-electron chi connectivity index (χ2n) is 6.06. The summed E-state index contributed by atoms with van der Waals surface area (Å²) in [5.41, 5.74) is -0.00882. The molecule has 1 aromatic carbocycles. The van der Waals surface area contributed by atoms with Gasteiger partial charge in [-0.15, -0.1) is 35.3 Å². The van der Waals surface area contributed by atoms with Crippen molar-refractivity contribution in [3.8, 4) is 17.1 Å². The van der Waals surface area contributed by atoms with Gasteiger partial charge >= 0.3 is 6.18 Å². The highest BCUT2D eigenvalue weighted by atomic mass is 127. The lowest BCUT2D eigenvalue weighted by atomic mass is 10.2. The van der Waals surface area contributed by atoms with Gasteiger partial charge in [0.25, 0.3) is 0 Å². The number of thiazole rings is 1. The second kappa shape index (κ2) is 11.3. The number of H-pyrrole nitrogens is 1. The molecule has 0 radical (unpaired) electrons. The van der Waals surface area contributed by atoms with Crippen LogP contribution >= 0.6 is 35.3 Å². The molecule has 0 atom stereocenters. The highest BCUT2D eigenvalue weighted by Crippen LogP contribution is 2.30. The Morgan fingerprint density at radius 3 is 2.55 bits per heavy atom. The van der Waals surface area contributed by atoms with Crippen LogP contribution in [0, 0.1) is 0 Å². The van der Waals surface area contributed by atoms with Crippen molar-refractivity contribution in [2.24, 2.45) is 4.99 Å². The molecule has 0 aliphatic rings. The van der Waals surface area contributed by atoms with Crippen LogP contribution in [0.5, 0.6) is 5.75 Å². The number of benzene rings is 1. The van der Waals surface area contributed by atoms with Crippen LogP contribution in [0.25, 0.3) is 11.4 Å². The van der Waals surface area contributed by atoms with E-state index in [0.29, 0.717) is 42.1 Å². The lowest BCUT2D eigenvalue weighted by Gasteiger charge is -2.10. The van der Waals surface area contributed by atoms with E-state index in [1.165, 1.54) is 0 Å². The van der Waals surface area contributed by atoms with Gasteiger partial charge in [0.05, 0.1) is 18.7 Å². The molecule has 0 fully saturated rings. The van der Waals surface area contributed by atoms with Crippen molar-refractivity contribution in [2.45, 2.75) is 19.1 Å². The quantitative estimate of drug-likeness (QED) is 0.230. The van der Waals surface area contributed by atoms with E-state index in [1.54, 1.807) is 14.2 Å². The van der Waals surface area contributed by atoms with Gasteiger partial charge in [0, 0.05) is 31.0 Å². The summed E-state index contributed by atoms with van der Waals surface area (Å²) in [6, 6.07) is 7.38. The predicted molar refractivity (Wildman–Crippen MR) is 123 cm³/mol. The minimum Gasteiger partial charge on any atom is -0.497 e. The van der Waals surface area contributed by atoms with Crippen molar-refractivity contribution in [1.29, 1.82) is 0 Å². The lowest BCUT2D eigenvalue weighted by molar-refractivity contribution is -0.140. The molecule has 3 N–H and O–H groups in total. The van der Waals surface area contributed by atoms with Gasteiger partial charge in [-0.2, -0.15) is 18.3 Å². The summed E-state index contributed by atoms with van der Waals surface area (Å²) in [4.78, 5) is 12.1. The van der Waals surface area contributed by atoms with Crippen molar-refractivity contribution >= 4 is 41.3 Å².